The van der Waals surface area contributed by atoms with E-state index in [1.807, 2.05) is 13.8 Å². The van der Waals surface area contributed by atoms with Crippen molar-refractivity contribution in [1.29, 1.82) is 0 Å². The van der Waals surface area contributed by atoms with Crippen LogP contribution in [0.1, 0.15) is 34.1 Å². The van der Waals surface area contributed by atoms with Crippen LogP contribution in [0.4, 0.5) is 5.69 Å². The Morgan fingerprint density at radius 1 is 1.27 bits per heavy atom. The van der Waals surface area contributed by atoms with Crippen LogP contribution in [-0.4, -0.2) is 29.7 Å². The van der Waals surface area contributed by atoms with Crippen molar-refractivity contribution in [3.8, 4) is 0 Å². The van der Waals surface area contributed by atoms with Crippen molar-refractivity contribution in [2.24, 2.45) is 0 Å². The third-order valence-corrected chi connectivity index (χ3v) is 4.53. The van der Waals surface area contributed by atoms with Crippen LogP contribution in [-0.2, 0) is 9.53 Å². The monoisotopic (exact) mass is 344 g/mol. The summed E-state index contributed by atoms with van der Waals surface area (Å²) in [6, 6.07) is 5.14. The molecule has 1 amide bonds. The van der Waals surface area contributed by atoms with Crippen LogP contribution in [0.25, 0.3) is 0 Å². The lowest BCUT2D eigenvalue weighted by molar-refractivity contribution is -0.115. The van der Waals surface area contributed by atoms with Gasteiger partial charge in [-0.15, -0.1) is 0 Å². The Balaban J connectivity index is 1.89. The fourth-order valence-corrected chi connectivity index (χ4v) is 3.17. The molecule has 1 saturated heterocycles. The van der Waals surface area contributed by atoms with Gasteiger partial charge in [-0.2, -0.15) is 0 Å². The van der Waals surface area contributed by atoms with Gasteiger partial charge in [0.15, 0.2) is 0 Å². The van der Waals surface area contributed by atoms with Gasteiger partial charge >= 0.3 is 0 Å². The summed E-state index contributed by atoms with van der Waals surface area (Å²) in [5, 5.41) is 6.95. The summed E-state index contributed by atoms with van der Waals surface area (Å²) < 4.78 is 6.00. The lowest BCUT2D eigenvalue weighted by Crippen LogP contribution is -2.46. The first-order valence-electron chi connectivity index (χ1n) is 7.27. The largest absolute Gasteiger partial charge is 0.368 e. The molecule has 0 saturated carbocycles. The third-order valence-electron chi connectivity index (χ3n) is 3.79. The van der Waals surface area contributed by atoms with E-state index in [0.717, 1.165) is 6.42 Å². The highest BCUT2D eigenvalue weighted by atomic mass is 35.5. The van der Waals surface area contributed by atoms with Gasteiger partial charge in [-0.1, -0.05) is 23.2 Å². The number of halogens is 2. The molecule has 0 spiro atoms. The molecular formula is C16H22Cl2N2O2. The second-order valence-electron chi connectivity index (χ2n) is 6.78. The van der Waals surface area contributed by atoms with Crippen molar-refractivity contribution in [1.82, 2.24) is 5.32 Å². The lowest BCUT2D eigenvalue weighted by atomic mass is 9.94. The average molecular weight is 345 g/mol. The van der Waals surface area contributed by atoms with Crippen LogP contribution in [0.3, 0.4) is 0 Å². The minimum atomic E-state index is -0.298. The zero-order valence-electron chi connectivity index (χ0n) is 13.3. The Labute approximate surface area is 141 Å². The summed E-state index contributed by atoms with van der Waals surface area (Å²) in [5.74, 6) is -0.126. The molecule has 2 N–H and O–H groups in total. The highest BCUT2D eigenvalue weighted by Crippen LogP contribution is 2.37. The summed E-state index contributed by atoms with van der Waals surface area (Å²) in [7, 11) is 0. The molecule has 1 aliphatic heterocycles. The molecule has 1 atom stereocenters. The molecule has 0 unspecified atom stereocenters. The van der Waals surface area contributed by atoms with Crippen molar-refractivity contribution in [2.75, 3.05) is 11.9 Å². The van der Waals surface area contributed by atoms with Gasteiger partial charge in [0, 0.05) is 11.7 Å². The van der Waals surface area contributed by atoms with E-state index in [1.165, 1.54) is 0 Å². The first-order chi connectivity index (χ1) is 10.1. The first-order valence-corrected chi connectivity index (χ1v) is 8.03. The SMILES string of the molecule is CC1(C)C[C@@H](NCC(=O)Nc2ccc(Cl)c(Cl)c2)C(C)(C)O1. The average Bonchev–Trinajstić information content (AvgIpc) is 2.59. The maximum absolute atomic E-state index is 12.0. The second-order valence-corrected chi connectivity index (χ2v) is 7.59. The van der Waals surface area contributed by atoms with Gasteiger partial charge in [-0.25, -0.2) is 0 Å². The predicted molar refractivity (Wildman–Crippen MR) is 90.7 cm³/mol. The number of carbonyl (C=O) groups excluding carboxylic acids is 1. The van der Waals surface area contributed by atoms with Crippen LogP contribution < -0.4 is 10.6 Å². The van der Waals surface area contributed by atoms with E-state index in [4.69, 9.17) is 27.9 Å². The molecule has 0 aliphatic carbocycles. The Morgan fingerprint density at radius 2 is 1.95 bits per heavy atom. The molecule has 1 heterocycles. The van der Waals surface area contributed by atoms with Crippen LogP contribution in [0, 0.1) is 0 Å². The second kappa shape index (κ2) is 6.36. The molecule has 22 heavy (non-hydrogen) atoms. The molecule has 1 aliphatic rings. The van der Waals surface area contributed by atoms with Gasteiger partial charge in [-0.3, -0.25) is 4.79 Å². The number of benzene rings is 1. The quantitative estimate of drug-likeness (QED) is 0.871. The highest BCUT2D eigenvalue weighted by Gasteiger charge is 2.45. The van der Waals surface area contributed by atoms with Crippen molar-refractivity contribution in [3.05, 3.63) is 28.2 Å². The van der Waals surface area contributed by atoms with Crippen molar-refractivity contribution < 1.29 is 9.53 Å². The van der Waals surface area contributed by atoms with E-state index in [0.29, 0.717) is 15.7 Å². The van der Waals surface area contributed by atoms with Gasteiger partial charge in [0.05, 0.1) is 27.8 Å². The molecule has 0 radical (unpaired) electrons. The number of carbonyl (C=O) groups is 1. The number of hydrogen-bond acceptors (Lipinski definition) is 3. The molecule has 1 aromatic rings. The van der Waals surface area contributed by atoms with Gasteiger partial charge < -0.3 is 15.4 Å². The smallest absolute Gasteiger partial charge is 0.238 e. The summed E-state index contributed by atoms with van der Waals surface area (Å²) in [4.78, 5) is 12.0. The van der Waals surface area contributed by atoms with Crippen molar-refractivity contribution >= 4 is 34.8 Å². The number of hydrogen-bond donors (Lipinski definition) is 2. The van der Waals surface area contributed by atoms with Gasteiger partial charge in [0.1, 0.15) is 0 Å². The standard InChI is InChI=1S/C16H22Cl2N2O2/c1-15(2)8-13(16(3,4)22-15)19-9-14(21)20-10-5-6-11(17)12(18)7-10/h5-7,13,19H,8-9H2,1-4H3,(H,20,21)/t13-/m1/s1. The molecule has 122 valence electrons. The van der Waals surface area contributed by atoms with Crippen LogP contribution in [0.15, 0.2) is 18.2 Å². The van der Waals surface area contributed by atoms with E-state index in [2.05, 4.69) is 24.5 Å². The van der Waals surface area contributed by atoms with Gasteiger partial charge in [0.25, 0.3) is 0 Å². The molecule has 1 aromatic carbocycles. The number of rotatable bonds is 4. The normalized spacial score (nSPS) is 22.5. The minimum absolute atomic E-state index is 0.126. The Kier molecular flexibility index (Phi) is 5.07. The fraction of sp³-hybridized carbons (Fsp3) is 0.562. The summed E-state index contributed by atoms with van der Waals surface area (Å²) in [6.45, 7) is 8.42. The summed E-state index contributed by atoms with van der Waals surface area (Å²) >= 11 is 11.8. The Morgan fingerprint density at radius 3 is 2.50 bits per heavy atom. The lowest BCUT2D eigenvalue weighted by Gasteiger charge is -2.27. The van der Waals surface area contributed by atoms with Crippen LogP contribution in [0.5, 0.6) is 0 Å². The minimum Gasteiger partial charge on any atom is -0.368 e. The zero-order chi connectivity index (χ0) is 16.5. The summed E-state index contributed by atoms with van der Waals surface area (Å²) in [6.07, 6.45) is 0.861. The molecule has 1 fully saturated rings. The third kappa shape index (κ3) is 4.35. The molecule has 6 heteroatoms. The maximum atomic E-state index is 12.0. The van der Waals surface area contributed by atoms with Crippen molar-refractivity contribution in [2.45, 2.75) is 51.4 Å². The van der Waals surface area contributed by atoms with Gasteiger partial charge in [-0.05, 0) is 52.3 Å². The molecule has 2 rings (SSSR count). The molecule has 0 aromatic heterocycles. The number of ether oxygens (including phenoxy) is 1. The highest BCUT2D eigenvalue weighted by molar-refractivity contribution is 6.42. The van der Waals surface area contributed by atoms with E-state index in [-0.39, 0.29) is 29.7 Å². The van der Waals surface area contributed by atoms with Crippen LogP contribution in [0.2, 0.25) is 10.0 Å². The number of anilines is 1. The van der Waals surface area contributed by atoms with Gasteiger partial charge in [0.2, 0.25) is 5.91 Å². The number of amides is 1. The fourth-order valence-electron chi connectivity index (χ4n) is 2.88. The molecule has 4 nitrogen and oxygen atoms in total. The summed E-state index contributed by atoms with van der Waals surface area (Å²) in [5.41, 5.74) is 0.151. The van der Waals surface area contributed by atoms with Crippen molar-refractivity contribution in [3.63, 3.8) is 0 Å². The van der Waals surface area contributed by atoms with E-state index < -0.39 is 0 Å². The first kappa shape index (κ1) is 17.5. The molecule has 0 bridgehead atoms. The Hall–Kier alpha value is -0.810. The van der Waals surface area contributed by atoms with E-state index in [1.54, 1.807) is 18.2 Å². The van der Waals surface area contributed by atoms with Crippen LogP contribution >= 0.6 is 23.2 Å². The molecular weight excluding hydrogens is 323 g/mol. The Bertz CT molecular complexity index is 573. The topological polar surface area (TPSA) is 50.4 Å². The predicted octanol–water partition coefficient (Wildman–Crippen LogP) is 3.87. The van der Waals surface area contributed by atoms with E-state index >= 15 is 0 Å². The zero-order valence-corrected chi connectivity index (χ0v) is 14.8. The number of nitrogens with one attached hydrogen (secondary N) is 2. The maximum Gasteiger partial charge on any atom is 0.238 e. The van der Waals surface area contributed by atoms with E-state index in [9.17, 15) is 4.79 Å².